The standard InChI is InChI=1S/C16H24FN3/c1-12-10-13(17)2-3-16(12)20-8-5-14(6-9-20)19-15-4-7-18-11-15/h2-3,10,14-15,18-19H,4-9,11H2,1H3. The molecule has 3 rings (SSSR count). The van der Waals surface area contributed by atoms with E-state index in [4.69, 9.17) is 0 Å². The first-order valence-electron chi connectivity index (χ1n) is 7.70. The number of nitrogens with one attached hydrogen (secondary N) is 2. The normalized spacial score (nSPS) is 24.3. The number of halogens is 1. The van der Waals surface area contributed by atoms with Crippen molar-refractivity contribution in [1.29, 1.82) is 0 Å². The fourth-order valence-corrected chi connectivity index (χ4v) is 3.39. The van der Waals surface area contributed by atoms with Gasteiger partial charge in [-0.25, -0.2) is 4.39 Å². The van der Waals surface area contributed by atoms with Crippen LogP contribution >= 0.6 is 0 Å². The zero-order chi connectivity index (χ0) is 13.9. The van der Waals surface area contributed by atoms with E-state index in [1.165, 1.54) is 24.9 Å². The van der Waals surface area contributed by atoms with Crippen molar-refractivity contribution in [2.24, 2.45) is 0 Å². The highest BCUT2D eigenvalue weighted by Gasteiger charge is 2.23. The van der Waals surface area contributed by atoms with E-state index in [1.807, 2.05) is 13.0 Å². The first kappa shape index (κ1) is 13.8. The van der Waals surface area contributed by atoms with E-state index in [0.29, 0.717) is 12.1 Å². The molecule has 1 unspecified atom stereocenters. The van der Waals surface area contributed by atoms with Crippen molar-refractivity contribution in [1.82, 2.24) is 10.6 Å². The second kappa shape index (κ2) is 6.10. The number of aryl methyl sites for hydroxylation is 1. The number of hydrogen-bond acceptors (Lipinski definition) is 3. The lowest BCUT2D eigenvalue weighted by molar-refractivity contribution is 0.375. The Labute approximate surface area is 120 Å². The van der Waals surface area contributed by atoms with E-state index in [2.05, 4.69) is 15.5 Å². The molecule has 0 aliphatic carbocycles. The molecule has 0 spiro atoms. The predicted molar refractivity (Wildman–Crippen MR) is 80.8 cm³/mol. The van der Waals surface area contributed by atoms with E-state index in [1.54, 1.807) is 12.1 Å². The first-order chi connectivity index (χ1) is 9.72. The summed E-state index contributed by atoms with van der Waals surface area (Å²) in [4.78, 5) is 2.39. The maximum Gasteiger partial charge on any atom is 0.123 e. The van der Waals surface area contributed by atoms with Crippen molar-refractivity contribution in [2.75, 3.05) is 31.1 Å². The summed E-state index contributed by atoms with van der Waals surface area (Å²) in [5.74, 6) is -0.142. The number of anilines is 1. The molecule has 20 heavy (non-hydrogen) atoms. The summed E-state index contributed by atoms with van der Waals surface area (Å²) in [6, 6.07) is 6.40. The minimum Gasteiger partial charge on any atom is -0.371 e. The second-order valence-corrected chi connectivity index (χ2v) is 6.05. The fraction of sp³-hybridized carbons (Fsp3) is 0.625. The van der Waals surface area contributed by atoms with Crippen molar-refractivity contribution in [3.8, 4) is 0 Å². The average Bonchev–Trinajstić information content (AvgIpc) is 2.93. The highest BCUT2D eigenvalue weighted by molar-refractivity contribution is 5.53. The van der Waals surface area contributed by atoms with E-state index >= 15 is 0 Å². The Morgan fingerprint density at radius 3 is 2.65 bits per heavy atom. The van der Waals surface area contributed by atoms with Crippen LogP contribution in [0.15, 0.2) is 18.2 Å². The zero-order valence-corrected chi connectivity index (χ0v) is 12.2. The molecule has 4 heteroatoms. The SMILES string of the molecule is Cc1cc(F)ccc1N1CCC(NC2CCNC2)CC1. The molecule has 0 radical (unpaired) electrons. The fourth-order valence-electron chi connectivity index (χ4n) is 3.39. The van der Waals surface area contributed by atoms with Crippen molar-refractivity contribution >= 4 is 5.69 Å². The van der Waals surface area contributed by atoms with Crippen molar-refractivity contribution < 1.29 is 4.39 Å². The summed E-state index contributed by atoms with van der Waals surface area (Å²) in [6.45, 7) is 6.37. The minimum absolute atomic E-state index is 0.142. The molecule has 1 aromatic carbocycles. The smallest absolute Gasteiger partial charge is 0.123 e. The van der Waals surface area contributed by atoms with Crippen LogP contribution in [0.5, 0.6) is 0 Å². The van der Waals surface area contributed by atoms with Crippen molar-refractivity contribution in [3.05, 3.63) is 29.6 Å². The molecule has 2 N–H and O–H groups in total. The third-order valence-electron chi connectivity index (χ3n) is 4.53. The molecule has 2 saturated heterocycles. The number of hydrogen-bond donors (Lipinski definition) is 2. The Morgan fingerprint density at radius 2 is 2.00 bits per heavy atom. The molecular formula is C16H24FN3. The molecule has 3 nitrogen and oxygen atoms in total. The molecule has 1 atom stereocenters. The van der Waals surface area contributed by atoms with Gasteiger partial charge in [0.05, 0.1) is 0 Å². The van der Waals surface area contributed by atoms with Gasteiger partial charge in [-0.2, -0.15) is 0 Å². The quantitative estimate of drug-likeness (QED) is 0.885. The van der Waals surface area contributed by atoms with Crippen LogP contribution in [0.3, 0.4) is 0 Å². The molecule has 0 aromatic heterocycles. The Morgan fingerprint density at radius 1 is 1.20 bits per heavy atom. The van der Waals surface area contributed by atoms with Gasteiger partial charge in [0.25, 0.3) is 0 Å². The van der Waals surface area contributed by atoms with E-state index in [9.17, 15) is 4.39 Å². The second-order valence-electron chi connectivity index (χ2n) is 6.05. The minimum atomic E-state index is -0.142. The Kier molecular flexibility index (Phi) is 4.22. The van der Waals surface area contributed by atoms with Gasteiger partial charge in [0.15, 0.2) is 0 Å². The molecule has 2 fully saturated rings. The number of rotatable bonds is 3. The lowest BCUT2D eigenvalue weighted by Crippen LogP contribution is -2.47. The van der Waals surface area contributed by atoms with Crippen LogP contribution in [0.4, 0.5) is 10.1 Å². The van der Waals surface area contributed by atoms with Gasteiger partial charge in [-0.3, -0.25) is 0 Å². The number of piperidine rings is 1. The zero-order valence-electron chi connectivity index (χ0n) is 12.2. The first-order valence-corrected chi connectivity index (χ1v) is 7.70. The van der Waals surface area contributed by atoms with Crippen LogP contribution in [-0.2, 0) is 0 Å². The maximum absolute atomic E-state index is 13.2. The van der Waals surface area contributed by atoms with Crippen LogP contribution in [0, 0.1) is 12.7 Å². The summed E-state index contributed by atoms with van der Waals surface area (Å²) in [6.07, 6.45) is 3.60. The number of nitrogens with zero attached hydrogens (tertiary/aromatic N) is 1. The molecule has 2 aliphatic heterocycles. The maximum atomic E-state index is 13.2. The number of benzene rings is 1. The summed E-state index contributed by atoms with van der Waals surface area (Å²) in [5, 5.41) is 7.17. The van der Waals surface area contributed by atoms with Crippen molar-refractivity contribution in [3.63, 3.8) is 0 Å². The summed E-state index contributed by atoms with van der Waals surface area (Å²) >= 11 is 0. The lowest BCUT2D eigenvalue weighted by atomic mass is 10.0. The monoisotopic (exact) mass is 277 g/mol. The largest absolute Gasteiger partial charge is 0.371 e. The van der Waals surface area contributed by atoms with Gasteiger partial charge in [-0.15, -0.1) is 0 Å². The third kappa shape index (κ3) is 3.13. The lowest BCUT2D eigenvalue weighted by Gasteiger charge is -2.36. The van der Waals surface area contributed by atoms with Gasteiger partial charge >= 0.3 is 0 Å². The van der Waals surface area contributed by atoms with Crippen LogP contribution in [0.2, 0.25) is 0 Å². The summed E-state index contributed by atoms with van der Waals surface area (Å²) in [7, 11) is 0. The highest BCUT2D eigenvalue weighted by Crippen LogP contribution is 2.24. The predicted octanol–water partition coefficient (Wildman–Crippen LogP) is 2.05. The molecule has 2 aliphatic rings. The Balaban J connectivity index is 1.55. The van der Waals surface area contributed by atoms with Gasteiger partial charge in [0, 0.05) is 37.4 Å². The molecule has 0 amide bonds. The molecule has 0 bridgehead atoms. The van der Waals surface area contributed by atoms with Gasteiger partial charge in [0.1, 0.15) is 5.82 Å². The van der Waals surface area contributed by atoms with Crippen LogP contribution in [0.25, 0.3) is 0 Å². The molecule has 0 saturated carbocycles. The van der Waals surface area contributed by atoms with Gasteiger partial charge in [-0.1, -0.05) is 0 Å². The van der Waals surface area contributed by atoms with Crippen LogP contribution in [-0.4, -0.2) is 38.3 Å². The molecule has 2 heterocycles. The van der Waals surface area contributed by atoms with E-state index < -0.39 is 0 Å². The third-order valence-corrected chi connectivity index (χ3v) is 4.53. The summed E-state index contributed by atoms with van der Waals surface area (Å²) in [5.41, 5.74) is 2.23. The molecule has 1 aromatic rings. The van der Waals surface area contributed by atoms with Crippen LogP contribution in [0.1, 0.15) is 24.8 Å². The van der Waals surface area contributed by atoms with Gasteiger partial charge in [0.2, 0.25) is 0 Å². The van der Waals surface area contributed by atoms with Crippen LogP contribution < -0.4 is 15.5 Å². The summed E-state index contributed by atoms with van der Waals surface area (Å²) < 4.78 is 13.2. The van der Waals surface area contributed by atoms with Gasteiger partial charge in [-0.05, 0) is 56.5 Å². The van der Waals surface area contributed by atoms with Gasteiger partial charge < -0.3 is 15.5 Å². The highest BCUT2D eigenvalue weighted by atomic mass is 19.1. The molecule has 110 valence electrons. The molecular weight excluding hydrogens is 253 g/mol. The Bertz CT molecular complexity index is 449. The Hall–Kier alpha value is -1.13. The van der Waals surface area contributed by atoms with E-state index in [0.717, 1.165) is 31.7 Å². The van der Waals surface area contributed by atoms with Crippen molar-refractivity contribution in [2.45, 2.75) is 38.3 Å². The topological polar surface area (TPSA) is 27.3 Å². The van der Waals surface area contributed by atoms with E-state index in [-0.39, 0.29) is 5.82 Å². The average molecular weight is 277 g/mol.